The van der Waals surface area contributed by atoms with Crippen LogP contribution in [0.4, 0.5) is 5.95 Å². The number of benzene rings is 2. The lowest BCUT2D eigenvalue weighted by Crippen LogP contribution is -2.38. The summed E-state index contributed by atoms with van der Waals surface area (Å²) in [5.74, 6) is -0.442. The lowest BCUT2D eigenvalue weighted by Gasteiger charge is -2.27. The number of aromatic nitrogens is 4. The zero-order valence-corrected chi connectivity index (χ0v) is 26.4. The van der Waals surface area contributed by atoms with Gasteiger partial charge in [0.05, 0.1) is 19.0 Å². The number of anilines is 1. The van der Waals surface area contributed by atoms with Crippen LogP contribution in [-0.4, -0.2) is 60.3 Å². The van der Waals surface area contributed by atoms with E-state index in [0.29, 0.717) is 5.75 Å². The van der Waals surface area contributed by atoms with Crippen LogP contribution in [0.2, 0.25) is 0 Å². The van der Waals surface area contributed by atoms with Gasteiger partial charge in [-0.1, -0.05) is 68.1 Å². The molecule has 4 aromatic rings. The predicted molar refractivity (Wildman–Crippen MR) is 165 cm³/mol. The van der Waals surface area contributed by atoms with Crippen molar-refractivity contribution in [1.29, 1.82) is 0 Å². The summed E-state index contributed by atoms with van der Waals surface area (Å²) >= 11 is 0. The Morgan fingerprint density at radius 2 is 1.93 bits per heavy atom. The minimum absolute atomic E-state index is 0.0216. The lowest BCUT2D eigenvalue weighted by atomic mass is 9.87. The summed E-state index contributed by atoms with van der Waals surface area (Å²) in [4.78, 5) is 42.7. The number of nitrogens with zero attached hydrogens (tertiary/aromatic N) is 4. The Kier molecular flexibility index (Phi) is 9.70. The summed E-state index contributed by atoms with van der Waals surface area (Å²) in [5.41, 5.74) is 7.14. The van der Waals surface area contributed by atoms with E-state index >= 15 is 0 Å². The number of aliphatic hydroxyl groups is 1. The molecule has 0 aliphatic carbocycles. The van der Waals surface area contributed by atoms with E-state index in [0.717, 1.165) is 16.0 Å². The molecule has 15 heteroatoms. The number of H-pyrrole nitrogens is 1. The van der Waals surface area contributed by atoms with E-state index < -0.39 is 44.2 Å². The maximum Gasteiger partial charge on any atom is 0.331 e. The van der Waals surface area contributed by atoms with Crippen LogP contribution >= 0.6 is 8.18 Å². The van der Waals surface area contributed by atoms with Gasteiger partial charge in [0.1, 0.15) is 24.5 Å². The minimum atomic E-state index is -3.19. The van der Waals surface area contributed by atoms with E-state index in [9.17, 15) is 19.3 Å². The van der Waals surface area contributed by atoms with Gasteiger partial charge in [-0.25, -0.2) is 4.98 Å². The monoisotopic (exact) mass is 640 g/mol. The number of hydrogen-bond acceptors (Lipinski definition) is 11. The summed E-state index contributed by atoms with van der Waals surface area (Å²) in [6.07, 6.45) is -1.21. The van der Waals surface area contributed by atoms with Gasteiger partial charge in [-0.2, -0.15) is 4.98 Å². The normalized spacial score (nSPS) is 19.9. The topological polar surface area (TPSA) is 184 Å². The van der Waals surface area contributed by atoms with Gasteiger partial charge in [0.25, 0.3) is 5.56 Å². The van der Waals surface area contributed by atoms with E-state index in [1.807, 2.05) is 42.5 Å². The molecule has 0 spiro atoms. The van der Waals surface area contributed by atoms with E-state index in [1.165, 1.54) is 17.8 Å². The van der Waals surface area contributed by atoms with Crippen molar-refractivity contribution in [2.75, 3.05) is 12.3 Å². The number of aromatic amines is 1. The number of nitrogen functional groups attached to an aromatic ring is 1. The second-order valence-electron chi connectivity index (χ2n) is 11.8. The van der Waals surface area contributed by atoms with Crippen LogP contribution in [0, 0.1) is 0 Å². The van der Waals surface area contributed by atoms with Crippen LogP contribution in [0.15, 0.2) is 65.7 Å². The Labute approximate surface area is 260 Å². The lowest BCUT2D eigenvalue weighted by molar-refractivity contribution is -0.178. The predicted octanol–water partition coefficient (Wildman–Crippen LogP) is 3.48. The fourth-order valence-electron chi connectivity index (χ4n) is 4.82. The molecule has 240 valence electrons. The molecule has 1 fully saturated rings. The number of fused-ring (bicyclic) bond motifs is 1. The number of carbonyl (C=O) groups is 1. The first-order valence-corrected chi connectivity index (χ1v) is 15.7. The molecule has 14 nitrogen and oxygen atoms in total. The molecular formula is C30H37N6O8P. The first kappa shape index (κ1) is 32.3. The molecular weight excluding hydrogens is 603 g/mol. The van der Waals surface area contributed by atoms with Crippen LogP contribution < -0.4 is 15.8 Å². The Bertz CT molecular complexity index is 1710. The van der Waals surface area contributed by atoms with Crippen molar-refractivity contribution >= 4 is 31.3 Å². The Morgan fingerprint density at radius 1 is 1.22 bits per heavy atom. The Morgan fingerprint density at radius 3 is 2.62 bits per heavy atom. The van der Waals surface area contributed by atoms with Gasteiger partial charge in [-0.3, -0.25) is 28.5 Å². The summed E-state index contributed by atoms with van der Waals surface area (Å²) in [7, 11) is -3.19. The Hall–Kier alpha value is -4.07. The van der Waals surface area contributed by atoms with Crippen molar-refractivity contribution in [2.45, 2.75) is 70.6 Å². The molecule has 1 aliphatic heterocycles. The largest absolute Gasteiger partial charge is 0.460 e. The molecule has 0 bridgehead atoms. The summed E-state index contributed by atoms with van der Waals surface area (Å²) in [6.45, 7) is 7.58. The van der Waals surface area contributed by atoms with E-state index in [-0.39, 0.29) is 42.2 Å². The molecule has 0 radical (unpaired) electrons. The van der Waals surface area contributed by atoms with Crippen LogP contribution in [-0.2, 0) is 35.7 Å². The zero-order chi connectivity index (χ0) is 32.3. The molecule has 0 saturated carbocycles. The Balaban J connectivity index is 1.29. The molecule has 4 N–H and O–H groups in total. The van der Waals surface area contributed by atoms with Gasteiger partial charge >= 0.3 is 14.1 Å². The summed E-state index contributed by atoms with van der Waals surface area (Å²) < 4.78 is 32.2. The number of carbonyl (C=O) groups excluding carboxylic acids is 1. The molecule has 0 amide bonds. The second-order valence-corrected chi connectivity index (χ2v) is 12.9. The van der Waals surface area contributed by atoms with Crippen molar-refractivity contribution in [1.82, 2.24) is 24.4 Å². The maximum atomic E-state index is 13.5. The second kappa shape index (κ2) is 13.5. The van der Waals surface area contributed by atoms with Crippen LogP contribution in [0.5, 0.6) is 5.75 Å². The molecule has 2 unspecified atom stereocenters. The van der Waals surface area contributed by atoms with Gasteiger partial charge in [-0.05, 0) is 35.6 Å². The molecule has 1 saturated heterocycles. The van der Waals surface area contributed by atoms with E-state index in [1.54, 1.807) is 12.1 Å². The van der Waals surface area contributed by atoms with Crippen molar-refractivity contribution in [2.24, 2.45) is 0 Å². The number of imidazole rings is 1. The van der Waals surface area contributed by atoms with Crippen molar-refractivity contribution in [3.8, 4) is 5.75 Å². The zero-order valence-electron chi connectivity index (χ0n) is 25.4. The SMILES string of the molecule is C[C@@H](C(=O)OCc1ccccc1)N(OC[C@@H]1CC(O)[C@H](n2cnc3c(=O)[nH]c(N)nc32)O1)[PH](=O)Oc1ccc(C(C)(C)C)cc1. The maximum absolute atomic E-state index is 13.5. The van der Waals surface area contributed by atoms with Crippen LogP contribution in [0.25, 0.3) is 11.2 Å². The van der Waals surface area contributed by atoms with Gasteiger partial charge in [0.15, 0.2) is 17.4 Å². The fourth-order valence-corrected chi connectivity index (χ4v) is 5.85. The number of esters is 1. The van der Waals surface area contributed by atoms with Crippen molar-refractivity contribution in [3.05, 3.63) is 82.4 Å². The van der Waals surface area contributed by atoms with Gasteiger partial charge in [0.2, 0.25) is 5.95 Å². The molecule has 5 atom stereocenters. The first-order chi connectivity index (χ1) is 21.4. The van der Waals surface area contributed by atoms with Gasteiger partial charge in [-0.15, -0.1) is 0 Å². The van der Waals surface area contributed by atoms with E-state index in [2.05, 4.69) is 35.7 Å². The third-order valence-electron chi connectivity index (χ3n) is 7.31. The van der Waals surface area contributed by atoms with Crippen molar-refractivity contribution < 1.29 is 33.3 Å². The smallest absolute Gasteiger partial charge is 0.331 e. The third kappa shape index (κ3) is 7.60. The fraction of sp³-hybridized carbons (Fsp3) is 0.400. The highest BCUT2D eigenvalue weighted by Crippen LogP contribution is 2.37. The standard InChI is InChI=1S/C30H37N6O8P/c1-18(28(39)41-15-19-8-6-5-7-9-19)36(45(40)44-21-12-10-20(11-13-21)30(2,3)4)42-16-22-14-23(37)27(43-22)35-17-32-24-25(35)33-29(31)34-26(24)38/h5-13,17-18,22-23,27,37,45H,14-16H2,1-4H3,(H3,31,33,34,38)/t18-,22-,23?,27+/m0/s1. The van der Waals surface area contributed by atoms with Crippen LogP contribution in [0.3, 0.4) is 0 Å². The van der Waals surface area contributed by atoms with Crippen LogP contribution in [0.1, 0.15) is 51.5 Å². The minimum Gasteiger partial charge on any atom is -0.460 e. The summed E-state index contributed by atoms with van der Waals surface area (Å²) in [6, 6.07) is 15.2. The number of hydrogen-bond donors (Lipinski definition) is 3. The molecule has 2 aromatic heterocycles. The highest BCUT2D eigenvalue weighted by molar-refractivity contribution is 7.36. The highest BCUT2D eigenvalue weighted by Gasteiger charge is 2.38. The molecule has 1 aliphatic rings. The average molecular weight is 641 g/mol. The van der Waals surface area contributed by atoms with Gasteiger partial charge < -0.3 is 24.8 Å². The summed E-state index contributed by atoms with van der Waals surface area (Å²) in [5, 5.41) is 10.8. The molecule has 2 aromatic carbocycles. The number of aliphatic hydroxyl groups excluding tert-OH is 1. The average Bonchev–Trinajstić information content (AvgIpc) is 3.59. The highest BCUT2D eigenvalue weighted by atomic mass is 31.1. The van der Waals surface area contributed by atoms with Crippen molar-refractivity contribution in [3.63, 3.8) is 0 Å². The number of nitrogens with one attached hydrogen (secondary N) is 1. The number of nitrogens with two attached hydrogens (primary N) is 1. The third-order valence-corrected chi connectivity index (χ3v) is 8.60. The number of hydroxylamine groups is 1. The quantitative estimate of drug-likeness (QED) is 0.123. The molecule has 5 rings (SSSR count). The van der Waals surface area contributed by atoms with E-state index in [4.69, 9.17) is 24.6 Å². The number of ether oxygens (including phenoxy) is 2. The molecule has 3 heterocycles. The number of rotatable bonds is 11. The first-order valence-electron chi connectivity index (χ1n) is 14.4. The molecule has 45 heavy (non-hydrogen) atoms. The van der Waals surface area contributed by atoms with Gasteiger partial charge in [0, 0.05) is 6.42 Å².